The van der Waals surface area contributed by atoms with E-state index >= 15 is 0 Å². The fourth-order valence-electron chi connectivity index (χ4n) is 1.68. The standard InChI is InChI=1S/C14H21BrN2OSi/c1-9-16-11-7-10(15)8-12(13(11)17-9)18-19(5,6)14(2,3)4/h7-8H,1-6H3,(H,16,17). The zero-order valence-corrected chi connectivity index (χ0v) is 15.0. The molecule has 1 aromatic heterocycles. The van der Waals surface area contributed by atoms with E-state index in [1.54, 1.807) is 0 Å². The van der Waals surface area contributed by atoms with Gasteiger partial charge in [-0.3, -0.25) is 0 Å². The molecule has 0 amide bonds. The highest BCUT2D eigenvalue weighted by molar-refractivity contribution is 9.10. The van der Waals surface area contributed by atoms with Crippen LogP contribution in [0.25, 0.3) is 11.0 Å². The van der Waals surface area contributed by atoms with Crippen molar-refractivity contribution < 1.29 is 4.43 Å². The van der Waals surface area contributed by atoms with Gasteiger partial charge in [-0.05, 0) is 37.2 Å². The maximum absolute atomic E-state index is 6.40. The van der Waals surface area contributed by atoms with Crippen LogP contribution in [0.5, 0.6) is 5.75 Å². The molecule has 0 fully saturated rings. The van der Waals surface area contributed by atoms with Crippen LogP contribution in [0.15, 0.2) is 16.6 Å². The van der Waals surface area contributed by atoms with Crippen LogP contribution in [0, 0.1) is 6.92 Å². The van der Waals surface area contributed by atoms with Crippen molar-refractivity contribution >= 4 is 35.3 Å². The van der Waals surface area contributed by atoms with Crippen molar-refractivity contribution in [3.05, 3.63) is 22.4 Å². The van der Waals surface area contributed by atoms with Crippen LogP contribution in [0.3, 0.4) is 0 Å². The Morgan fingerprint density at radius 3 is 2.47 bits per heavy atom. The summed E-state index contributed by atoms with van der Waals surface area (Å²) in [7, 11) is -1.85. The molecule has 0 atom stereocenters. The minimum absolute atomic E-state index is 0.174. The summed E-state index contributed by atoms with van der Waals surface area (Å²) >= 11 is 3.54. The minimum atomic E-state index is -1.85. The Hall–Kier alpha value is -0.813. The number of fused-ring (bicyclic) bond motifs is 1. The number of aromatic amines is 1. The normalized spacial score (nSPS) is 13.0. The van der Waals surface area contributed by atoms with E-state index in [4.69, 9.17) is 4.43 Å². The van der Waals surface area contributed by atoms with E-state index in [1.165, 1.54) is 0 Å². The quantitative estimate of drug-likeness (QED) is 0.779. The topological polar surface area (TPSA) is 37.9 Å². The number of nitrogens with zero attached hydrogens (tertiary/aromatic N) is 1. The number of hydrogen-bond donors (Lipinski definition) is 1. The second-order valence-corrected chi connectivity index (χ2v) is 12.1. The SMILES string of the molecule is Cc1nc2c(O[Si](C)(C)C(C)(C)C)cc(Br)cc2[nH]1. The van der Waals surface area contributed by atoms with Crippen molar-refractivity contribution in [3.63, 3.8) is 0 Å². The predicted octanol–water partition coefficient (Wildman–Crippen LogP) is 5.02. The maximum Gasteiger partial charge on any atom is 0.250 e. The molecule has 19 heavy (non-hydrogen) atoms. The third-order valence-corrected chi connectivity index (χ3v) is 8.61. The van der Waals surface area contributed by atoms with Crippen LogP contribution < -0.4 is 4.43 Å². The van der Waals surface area contributed by atoms with E-state index in [0.717, 1.165) is 27.1 Å². The van der Waals surface area contributed by atoms with Crippen LogP contribution in [0.1, 0.15) is 26.6 Å². The number of hydrogen-bond acceptors (Lipinski definition) is 2. The molecule has 1 aromatic carbocycles. The summed E-state index contributed by atoms with van der Waals surface area (Å²) in [5, 5.41) is 0.174. The minimum Gasteiger partial charge on any atom is -0.542 e. The maximum atomic E-state index is 6.40. The molecule has 2 aromatic rings. The summed E-state index contributed by atoms with van der Waals surface area (Å²) in [6.45, 7) is 13.2. The molecule has 0 spiro atoms. The molecular formula is C14H21BrN2OSi. The zero-order chi connectivity index (χ0) is 14.4. The first-order chi connectivity index (χ1) is 8.60. The van der Waals surface area contributed by atoms with Gasteiger partial charge < -0.3 is 9.41 Å². The van der Waals surface area contributed by atoms with Gasteiger partial charge in [0.15, 0.2) is 0 Å². The summed E-state index contributed by atoms with van der Waals surface area (Å²) < 4.78 is 7.41. The Labute approximate surface area is 124 Å². The first-order valence-electron chi connectivity index (χ1n) is 6.45. The molecule has 0 aliphatic carbocycles. The van der Waals surface area contributed by atoms with Gasteiger partial charge in [0.25, 0.3) is 8.32 Å². The first-order valence-corrected chi connectivity index (χ1v) is 10.2. The van der Waals surface area contributed by atoms with E-state index in [9.17, 15) is 0 Å². The van der Waals surface area contributed by atoms with Crippen molar-refractivity contribution in [2.45, 2.75) is 45.8 Å². The van der Waals surface area contributed by atoms with Gasteiger partial charge in [0.2, 0.25) is 0 Å². The Bertz CT molecular complexity index is 614. The van der Waals surface area contributed by atoms with Crippen molar-refractivity contribution in [3.8, 4) is 5.75 Å². The molecule has 0 saturated heterocycles. The van der Waals surface area contributed by atoms with Crippen molar-refractivity contribution in [2.75, 3.05) is 0 Å². The number of rotatable bonds is 2. The summed E-state index contributed by atoms with van der Waals surface area (Å²) in [5.41, 5.74) is 1.94. The predicted molar refractivity (Wildman–Crippen MR) is 86.4 cm³/mol. The molecule has 0 radical (unpaired) electrons. The molecule has 0 bridgehead atoms. The third-order valence-electron chi connectivity index (χ3n) is 3.81. The highest BCUT2D eigenvalue weighted by atomic mass is 79.9. The van der Waals surface area contributed by atoms with Gasteiger partial charge in [0.1, 0.15) is 17.1 Å². The van der Waals surface area contributed by atoms with Gasteiger partial charge in [-0.15, -0.1) is 0 Å². The molecular weight excluding hydrogens is 320 g/mol. The van der Waals surface area contributed by atoms with Crippen LogP contribution in [-0.2, 0) is 0 Å². The largest absolute Gasteiger partial charge is 0.542 e. The lowest BCUT2D eigenvalue weighted by Gasteiger charge is -2.36. The van der Waals surface area contributed by atoms with Gasteiger partial charge >= 0.3 is 0 Å². The molecule has 3 nitrogen and oxygen atoms in total. The summed E-state index contributed by atoms with van der Waals surface area (Å²) in [5.74, 6) is 1.79. The summed E-state index contributed by atoms with van der Waals surface area (Å²) in [6, 6.07) is 4.05. The van der Waals surface area contributed by atoms with Crippen LogP contribution in [0.2, 0.25) is 18.1 Å². The van der Waals surface area contributed by atoms with Gasteiger partial charge in [0.05, 0.1) is 5.52 Å². The lowest BCUT2D eigenvalue weighted by Crippen LogP contribution is -2.43. The first kappa shape index (κ1) is 14.6. The van der Waals surface area contributed by atoms with E-state index < -0.39 is 8.32 Å². The molecule has 0 saturated carbocycles. The third kappa shape index (κ3) is 2.87. The average molecular weight is 341 g/mol. The van der Waals surface area contributed by atoms with Gasteiger partial charge in [-0.25, -0.2) is 4.98 Å². The van der Waals surface area contributed by atoms with E-state index in [0.29, 0.717) is 0 Å². The van der Waals surface area contributed by atoms with E-state index in [1.807, 2.05) is 19.1 Å². The number of imidazole rings is 1. The summed E-state index contributed by atoms with van der Waals surface area (Å²) in [6.07, 6.45) is 0. The molecule has 0 unspecified atom stereocenters. The van der Waals surface area contributed by atoms with Crippen molar-refractivity contribution in [2.24, 2.45) is 0 Å². The number of benzene rings is 1. The monoisotopic (exact) mass is 340 g/mol. The molecule has 0 aliphatic heterocycles. The lowest BCUT2D eigenvalue weighted by molar-refractivity contribution is 0.495. The Balaban J connectivity index is 2.51. The van der Waals surface area contributed by atoms with Crippen molar-refractivity contribution in [1.29, 1.82) is 0 Å². The lowest BCUT2D eigenvalue weighted by atomic mass is 10.2. The molecule has 0 aliphatic rings. The number of nitrogens with one attached hydrogen (secondary N) is 1. The fourth-order valence-corrected chi connectivity index (χ4v) is 3.13. The number of aryl methyl sites for hydroxylation is 1. The molecule has 5 heteroatoms. The molecule has 1 N–H and O–H groups in total. The number of H-pyrrole nitrogens is 1. The van der Waals surface area contributed by atoms with Crippen molar-refractivity contribution in [1.82, 2.24) is 9.97 Å². The fraction of sp³-hybridized carbons (Fsp3) is 0.500. The van der Waals surface area contributed by atoms with Gasteiger partial charge in [0, 0.05) is 4.47 Å². The highest BCUT2D eigenvalue weighted by Gasteiger charge is 2.39. The number of halogens is 1. The van der Waals surface area contributed by atoms with Gasteiger partial charge in [-0.2, -0.15) is 0 Å². The van der Waals surface area contributed by atoms with Crippen LogP contribution in [0.4, 0.5) is 0 Å². The smallest absolute Gasteiger partial charge is 0.250 e. The summed E-state index contributed by atoms with van der Waals surface area (Å²) in [4.78, 5) is 7.80. The average Bonchev–Trinajstić information content (AvgIpc) is 2.56. The van der Waals surface area contributed by atoms with Crippen LogP contribution >= 0.6 is 15.9 Å². The van der Waals surface area contributed by atoms with Gasteiger partial charge in [-0.1, -0.05) is 36.7 Å². The Kier molecular flexibility index (Phi) is 3.56. The molecule has 104 valence electrons. The zero-order valence-electron chi connectivity index (χ0n) is 12.4. The second kappa shape index (κ2) is 4.63. The second-order valence-electron chi connectivity index (χ2n) is 6.48. The van der Waals surface area contributed by atoms with E-state index in [2.05, 4.69) is 59.8 Å². The highest BCUT2D eigenvalue weighted by Crippen LogP contribution is 2.39. The van der Waals surface area contributed by atoms with Crippen LogP contribution in [-0.4, -0.2) is 18.3 Å². The molecule has 1 heterocycles. The Morgan fingerprint density at radius 2 is 1.89 bits per heavy atom. The molecule has 2 rings (SSSR count). The van der Waals surface area contributed by atoms with E-state index in [-0.39, 0.29) is 5.04 Å². The Morgan fingerprint density at radius 1 is 1.26 bits per heavy atom. The number of aromatic nitrogens is 2.